The van der Waals surface area contributed by atoms with Gasteiger partial charge in [0.15, 0.2) is 4.34 Å². The predicted octanol–water partition coefficient (Wildman–Crippen LogP) is 5.54. The van der Waals surface area contributed by atoms with Crippen molar-refractivity contribution in [3.63, 3.8) is 0 Å². The Hall–Kier alpha value is -2.45. The third-order valence-corrected chi connectivity index (χ3v) is 6.61. The Kier molecular flexibility index (Phi) is 7.22. The second kappa shape index (κ2) is 9.84. The number of carbonyl (C=O) groups is 2. The molecule has 0 aliphatic heterocycles. The summed E-state index contributed by atoms with van der Waals surface area (Å²) >= 11 is 2.82. The van der Waals surface area contributed by atoms with Crippen LogP contribution in [0.2, 0.25) is 0 Å². The molecule has 29 heavy (non-hydrogen) atoms. The summed E-state index contributed by atoms with van der Waals surface area (Å²) in [6.45, 7) is 4.02. The molecule has 2 amide bonds. The van der Waals surface area contributed by atoms with Gasteiger partial charge in [0, 0.05) is 17.3 Å². The quantitative estimate of drug-likeness (QED) is 0.459. The van der Waals surface area contributed by atoms with E-state index in [1.54, 1.807) is 0 Å². The monoisotopic (exact) mass is 431 g/mol. The normalized spacial score (nSPS) is 11.0. The van der Waals surface area contributed by atoms with E-state index in [1.165, 1.54) is 47.4 Å². The molecule has 2 aromatic carbocycles. The minimum atomic E-state index is -0.345. The minimum absolute atomic E-state index is 0.0119. The summed E-state index contributed by atoms with van der Waals surface area (Å²) in [5, 5.41) is 5.70. The van der Waals surface area contributed by atoms with Gasteiger partial charge in [0.05, 0.1) is 16.0 Å². The number of thioether (sulfide) groups is 1. The van der Waals surface area contributed by atoms with Crippen molar-refractivity contribution in [2.75, 3.05) is 16.4 Å². The summed E-state index contributed by atoms with van der Waals surface area (Å²) in [4.78, 5) is 28.9. The highest BCUT2D eigenvalue weighted by molar-refractivity contribution is 8.01. The van der Waals surface area contributed by atoms with E-state index in [9.17, 15) is 14.0 Å². The van der Waals surface area contributed by atoms with Gasteiger partial charge in [-0.15, -0.1) is 11.3 Å². The molecule has 5 nitrogen and oxygen atoms in total. The fourth-order valence-electron chi connectivity index (χ4n) is 2.80. The first kappa shape index (κ1) is 21.3. The van der Waals surface area contributed by atoms with Gasteiger partial charge in [-0.3, -0.25) is 9.59 Å². The van der Waals surface area contributed by atoms with E-state index < -0.39 is 0 Å². The maximum atomic E-state index is 12.9. The third-order valence-electron chi connectivity index (χ3n) is 4.45. The molecule has 152 valence electrons. The van der Waals surface area contributed by atoms with Crippen molar-refractivity contribution in [2.45, 2.75) is 31.0 Å². The third kappa shape index (κ3) is 5.77. The first-order valence-electron chi connectivity index (χ1n) is 9.38. The van der Waals surface area contributed by atoms with Gasteiger partial charge in [-0.25, -0.2) is 9.37 Å². The first-order valence-corrected chi connectivity index (χ1v) is 11.2. The maximum absolute atomic E-state index is 12.9. The Bertz CT molecular complexity index is 1000. The highest BCUT2D eigenvalue weighted by atomic mass is 32.2. The number of nitrogens with zero attached hydrogens (tertiary/aromatic N) is 1. The van der Waals surface area contributed by atoms with E-state index in [4.69, 9.17) is 0 Å². The average Bonchev–Trinajstić information content (AvgIpc) is 3.11. The largest absolute Gasteiger partial charge is 0.326 e. The second-order valence-corrected chi connectivity index (χ2v) is 8.76. The molecular formula is C21H22FN3O2S2. The van der Waals surface area contributed by atoms with E-state index in [-0.39, 0.29) is 29.3 Å². The number of nitrogens with one attached hydrogen (secondary N) is 2. The van der Waals surface area contributed by atoms with Gasteiger partial charge < -0.3 is 10.6 Å². The minimum Gasteiger partial charge on any atom is -0.326 e. The lowest BCUT2D eigenvalue weighted by atomic mass is 10.0. The van der Waals surface area contributed by atoms with E-state index >= 15 is 0 Å². The first-order chi connectivity index (χ1) is 14.0. The van der Waals surface area contributed by atoms with Crippen LogP contribution in [0.5, 0.6) is 0 Å². The van der Waals surface area contributed by atoms with E-state index in [1.807, 2.05) is 32.0 Å². The van der Waals surface area contributed by atoms with Crippen LogP contribution < -0.4 is 10.6 Å². The van der Waals surface area contributed by atoms with E-state index in [0.29, 0.717) is 5.69 Å². The van der Waals surface area contributed by atoms with Crippen LogP contribution in [0.4, 0.5) is 15.8 Å². The number of anilines is 2. The van der Waals surface area contributed by atoms with Gasteiger partial charge in [-0.2, -0.15) is 0 Å². The lowest BCUT2D eigenvalue weighted by molar-refractivity contribution is -0.120. The SMILES string of the molecule is CCC(CC)C(=O)Nc1ccc2nc(SCC(=O)Nc3ccc(F)cc3)sc2c1. The molecule has 0 bridgehead atoms. The number of hydrogen-bond donors (Lipinski definition) is 2. The van der Waals surface area contributed by atoms with E-state index in [2.05, 4.69) is 15.6 Å². The zero-order chi connectivity index (χ0) is 20.8. The molecule has 3 aromatic rings. The molecule has 0 aliphatic rings. The standard InChI is InChI=1S/C21H22FN3O2S2/c1-3-13(4-2)20(27)24-16-9-10-17-18(11-16)29-21(25-17)28-12-19(26)23-15-7-5-14(22)6-8-15/h5-11,13H,3-4,12H2,1-2H3,(H,23,26)(H,24,27). The number of halogens is 1. The Balaban J connectivity index is 1.60. The molecule has 0 aliphatic carbocycles. The molecule has 0 unspecified atom stereocenters. The van der Waals surface area contributed by atoms with Crippen molar-refractivity contribution in [2.24, 2.45) is 5.92 Å². The van der Waals surface area contributed by atoms with Gasteiger partial charge in [-0.1, -0.05) is 25.6 Å². The molecule has 0 spiro atoms. The molecule has 0 saturated heterocycles. The van der Waals surface area contributed by atoms with Crippen molar-refractivity contribution >= 4 is 56.5 Å². The van der Waals surface area contributed by atoms with Crippen molar-refractivity contribution in [1.29, 1.82) is 0 Å². The lowest BCUT2D eigenvalue weighted by Crippen LogP contribution is -2.21. The van der Waals surface area contributed by atoms with Crippen LogP contribution in [-0.2, 0) is 9.59 Å². The molecule has 0 saturated carbocycles. The maximum Gasteiger partial charge on any atom is 0.234 e. The van der Waals surface area contributed by atoms with Gasteiger partial charge in [-0.05, 0) is 55.3 Å². The Labute approximate surface area is 177 Å². The number of carbonyl (C=O) groups excluding carboxylic acids is 2. The number of aromatic nitrogens is 1. The van der Waals surface area contributed by atoms with Crippen LogP contribution in [-0.4, -0.2) is 22.6 Å². The lowest BCUT2D eigenvalue weighted by Gasteiger charge is -2.12. The predicted molar refractivity (Wildman–Crippen MR) is 118 cm³/mol. The Morgan fingerprint density at radius 3 is 2.45 bits per heavy atom. The molecule has 2 N–H and O–H groups in total. The van der Waals surface area contributed by atoms with Gasteiger partial charge in [0.25, 0.3) is 0 Å². The van der Waals surface area contributed by atoms with Crippen molar-refractivity contribution in [3.05, 3.63) is 48.3 Å². The summed E-state index contributed by atoms with van der Waals surface area (Å²) in [6, 6.07) is 11.3. The molecule has 0 radical (unpaired) electrons. The smallest absolute Gasteiger partial charge is 0.234 e. The van der Waals surface area contributed by atoms with Crippen molar-refractivity contribution < 1.29 is 14.0 Å². The summed E-state index contributed by atoms with van der Waals surface area (Å²) in [7, 11) is 0. The fraction of sp³-hybridized carbons (Fsp3) is 0.286. The van der Waals surface area contributed by atoms with Crippen LogP contribution in [0.3, 0.4) is 0 Å². The number of fused-ring (bicyclic) bond motifs is 1. The molecular weight excluding hydrogens is 409 g/mol. The zero-order valence-corrected chi connectivity index (χ0v) is 17.8. The number of benzene rings is 2. The average molecular weight is 432 g/mol. The molecule has 3 rings (SSSR count). The zero-order valence-electron chi connectivity index (χ0n) is 16.2. The van der Waals surface area contributed by atoms with Crippen LogP contribution in [0.15, 0.2) is 46.8 Å². The highest BCUT2D eigenvalue weighted by Crippen LogP contribution is 2.31. The summed E-state index contributed by atoms with van der Waals surface area (Å²) in [5.74, 6) is -0.278. The Morgan fingerprint density at radius 2 is 1.76 bits per heavy atom. The molecule has 1 heterocycles. The molecule has 1 aromatic heterocycles. The highest BCUT2D eigenvalue weighted by Gasteiger charge is 2.15. The van der Waals surface area contributed by atoms with Crippen LogP contribution in [0.1, 0.15) is 26.7 Å². The van der Waals surface area contributed by atoms with Gasteiger partial charge in [0.1, 0.15) is 5.82 Å². The second-order valence-electron chi connectivity index (χ2n) is 6.51. The molecule has 8 heteroatoms. The molecule has 0 atom stereocenters. The van der Waals surface area contributed by atoms with Crippen LogP contribution >= 0.6 is 23.1 Å². The van der Waals surface area contributed by atoms with Crippen molar-refractivity contribution in [1.82, 2.24) is 4.98 Å². The number of hydrogen-bond acceptors (Lipinski definition) is 5. The molecule has 0 fully saturated rings. The van der Waals surface area contributed by atoms with E-state index in [0.717, 1.165) is 33.1 Å². The number of thiazole rings is 1. The fourth-order valence-corrected chi connectivity index (χ4v) is 4.71. The topological polar surface area (TPSA) is 71.1 Å². The number of rotatable bonds is 8. The van der Waals surface area contributed by atoms with Crippen LogP contribution in [0.25, 0.3) is 10.2 Å². The van der Waals surface area contributed by atoms with Gasteiger partial charge >= 0.3 is 0 Å². The van der Waals surface area contributed by atoms with Crippen LogP contribution in [0, 0.1) is 11.7 Å². The van der Waals surface area contributed by atoms with Gasteiger partial charge in [0.2, 0.25) is 11.8 Å². The summed E-state index contributed by atoms with van der Waals surface area (Å²) < 4.78 is 14.7. The Morgan fingerprint density at radius 1 is 1.07 bits per heavy atom. The summed E-state index contributed by atoms with van der Waals surface area (Å²) in [6.07, 6.45) is 1.62. The number of amides is 2. The summed E-state index contributed by atoms with van der Waals surface area (Å²) in [5.41, 5.74) is 2.14. The van der Waals surface area contributed by atoms with Crippen molar-refractivity contribution in [3.8, 4) is 0 Å².